The van der Waals surface area contributed by atoms with E-state index in [0.29, 0.717) is 5.82 Å². The average Bonchev–Trinajstić information content (AvgIpc) is 3.22. The topological polar surface area (TPSA) is 42.0 Å². The van der Waals surface area contributed by atoms with Crippen LogP contribution < -0.4 is 5.32 Å². The van der Waals surface area contributed by atoms with Crippen LogP contribution in [0.1, 0.15) is 23.5 Å². The number of nitrogens with one attached hydrogen (secondary N) is 1. The van der Waals surface area contributed by atoms with Gasteiger partial charge >= 0.3 is 0 Å². The van der Waals surface area contributed by atoms with E-state index in [4.69, 9.17) is 11.6 Å². The van der Waals surface area contributed by atoms with Crippen LogP contribution in [-0.2, 0) is 4.79 Å². The van der Waals surface area contributed by atoms with Gasteiger partial charge in [0.15, 0.2) is 0 Å². The molecule has 1 aliphatic carbocycles. The van der Waals surface area contributed by atoms with Crippen molar-refractivity contribution in [3.63, 3.8) is 0 Å². The van der Waals surface area contributed by atoms with Crippen LogP contribution in [0, 0.1) is 12.8 Å². The lowest BCUT2D eigenvalue weighted by molar-refractivity contribution is -0.117. The number of anilines is 1. The summed E-state index contributed by atoms with van der Waals surface area (Å²) in [7, 11) is 0. The van der Waals surface area contributed by atoms with Gasteiger partial charge in [0.2, 0.25) is 5.91 Å². The Morgan fingerprint density at radius 1 is 1.30 bits per heavy atom. The van der Waals surface area contributed by atoms with Gasteiger partial charge < -0.3 is 5.32 Å². The molecule has 1 N–H and O–H groups in total. The lowest BCUT2D eigenvalue weighted by atomic mass is 10.1. The summed E-state index contributed by atoms with van der Waals surface area (Å²) in [6.45, 7) is 1.93. The minimum absolute atomic E-state index is 0.00342. The van der Waals surface area contributed by atoms with E-state index in [0.717, 1.165) is 22.6 Å². The number of benzene rings is 1. The molecule has 0 spiro atoms. The van der Waals surface area contributed by atoms with Gasteiger partial charge in [-0.15, -0.1) is 0 Å². The van der Waals surface area contributed by atoms with Crippen LogP contribution in [0.3, 0.4) is 0 Å². The number of rotatable bonds is 3. The molecule has 0 radical (unpaired) electrons. The Kier molecular flexibility index (Phi) is 3.45. The van der Waals surface area contributed by atoms with E-state index in [9.17, 15) is 4.79 Å². The SMILES string of the molecule is Cc1cccnc1NC(=O)[C@H]1C[C@@H]1c1ccccc1Cl. The zero-order chi connectivity index (χ0) is 14.1. The molecule has 1 heterocycles. The van der Waals surface area contributed by atoms with Gasteiger partial charge in [-0.05, 0) is 42.5 Å². The minimum atomic E-state index is -0.00342. The van der Waals surface area contributed by atoms with Gasteiger partial charge in [0.1, 0.15) is 5.82 Å². The van der Waals surface area contributed by atoms with Crippen LogP contribution in [-0.4, -0.2) is 10.9 Å². The molecular weight excluding hydrogens is 272 g/mol. The molecule has 1 aromatic heterocycles. The van der Waals surface area contributed by atoms with E-state index in [1.165, 1.54) is 0 Å². The summed E-state index contributed by atoms with van der Waals surface area (Å²) < 4.78 is 0. The smallest absolute Gasteiger partial charge is 0.229 e. The zero-order valence-corrected chi connectivity index (χ0v) is 11.9. The Morgan fingerprint density at radius 3 is 2.85 bits per heavy atom. The molecule has 3 rings (SSSR count). The molecule has 1 saturated carbocycles. The number of hydrogen-bond donors (Lipinski definition) is 1. The van der Waals surface area contributed by atoms with Crippen LogP contribution in [0.4, 0.5) is 5.82 Å². The number of amides is 1. The first kappa shape index (κ1) is 13.1. The molecule has 3 nitrogen and oxygen atoms in total. The predicted molar refractivity (Wildman–Crippen MR) is 79.9 cm³/mol. The van der Waals surface area contributed by atoms with Gasteiger partial charge in [0.25, 0.3) is 0 Å². The highest BCUT2D eigenvalue weighted by Crippen LogP contribution is 2.49. The molecule has 0 unspecified atom stereocenters. The van der Waals surface area contributed by atoms with Crippen LogP contribution in [0.5, 0.6) is 0 Å². The van der Waals surface area contributed by atoms with Crippen molar-refractivity contribution in [2.24, 2.45) is 5.92 Å². The van der Waals surface area contributed by atoms with Crippen molar-refractivity contribution in [2.75, 3.05) is 5.32 Å². The van der Waals surface area contributed by atoms with Gasteiger partial charge in [0.05, 0.1) is 0 Å². The van der Waals surface area contributed by atoms with E-state index in [2.05, 4.69) is 10.3 Å². The average molecular weight is 287 g/mol. The number of halogens is 1. The number of pyridine rings is 1. The van der Waals surface area contributed by atoms with Crippen molar-refractivity contribution in [2.45, 2.75) is 19.3 Å². The highest BCUT2D eigenvalue weighted by molar-refractivity contribution is 6.31. The Bertz CT molecular complexity index is 656. The quantitative estimate of drug-likeness (QED) is 0.933. The summed E-state index contributed by atoms with van der Waals surface area (Å²) >= 11 is 6.17. The second-order valence-electron chi connectivity index (χ2n) is 5.13. The fourth-order valence-electron chi connectivity index (χ4n) is 2.43. The number of hydrogen-bond acceptors (Lipinski definition) is 2. The predicted octanol–water partition coefficient (Wildman–Crippen LogP) is 3.79. The Labute approximate surface area is 123 Å². The molecule has 2 aromatic rings. The minimum Gasteiger partial charge on any atom is -0.310 e. The third kappa shape index (κ3) is 2.54. The van der Waals surface area contributed by atoms with Gasteiger partial charge in [-0.25, -0.2) is 4.98 Å². The van der Waals surface area contributed by atoms with Crippen LogP contribution >= 0.6 is 11.6 Å². The molecule has 102 valence electrons. The van der Waals surface area contributed by atoms with E-state index >= 15 is 0 Å². The van der Waals surface area contributed by atoms with E-state index < -0.39 is 0 Å². The molecule has 2 atom stereocenters. The number of aromatic nitrogens is 1. The fourth-order valence-corrected chi connectivity index (χ4v) is 2.71. The molecule has 20 heavy (non-hydrogen) atoms. The second-order valence-corrected chi connectivity index (χ2v) is 5.54. The summed E-state index contributed by atoms with van der Waals surface area (Å²) in [5.41, 5.74) is 2.03. The standard InChI is InChI=1S/C16H15ClN2O/c1-10-5-4-8-18-15(10)19-16(20)13-9-12(13)11-6-2-3-7-14(11)17/h2-8,12-13H,9H2,1H3,(H,18,19,20)/t12-,13+/m1/s1. The molecule has 4 heteroatoms. The van der Waals surface area contributed by atoms with Crippen molar-refractivity contribution in [1.29, 1.82) is 0 Å². The first-order valence-corrected chi connectivity index (χ1v) is 7.01. The molecule has 1 fully saturated rings. The molecule has 1 aliphatic rings. The highest BCUT2D eigenvalue weighted by Gasteiger charge is 2.44. The molecule has 0 saturated heterocycles. The van der Waals surface area contributed by atoms with E-state index in [-0.39, 0.29) is 17.7 Å². The molecule has 1 amide bonds. The Hall–Kier alpha value is -1.87. The number of carbonyl (C=O) groups excluding carboxylic acids is 1. The lowest BCUT2D eigenvalue weighted by Gasteiger charge is -2.07. The summed E-state index contributed by atoms with van der Waals surface area (Å²) in [6.07, 6.45) is 2.53. The fraction of sp³-hybridized carbons (Fsp3) is 0.250. The number of carbonyl (C=O) groups is 1. The lowest BCUT2D eigenvalue weighted by Crippen LogP contribution is -2.16. The molecular formula is C16H15ClN2O. The van der Waals surface area contributed by atoms with Crippen molar-refractivity contribution in [3.05, 3.63) is 58.7 Å². The van der Waals surface area contributed by atoms with Crippen molar-refractivity contribution >= 4 is 23.3 Å². The largest absolute Gasteiger partial charge is 0.310 e. The van der Waals surface area contributed by atoms with E-state index in [1.807, 2.05) is 43.3 Å². The summed E-state index contributed by atoms with van der Waals surface area (Å²) in [5.74, 6) is 0.892. The monoisotopic (exact) mass is 286 g/mol. The van der Waals surface area contributed by atoms with Crippen molar-refractivity contribution < 1.29 is 4.79 Å². The summed E-state index contributed by atoms with van der Waals surface area (Å²) in [6, 6.07) is 11.5. The first-order chi connectivity index (χ1) is 9.66. The molecule has 1 aromatic carbocycles. The molecule has 0 bridgehead atoms. The highest BCUT2D eigenvalue weighted by atomic mass is 35.5. The maximum Gasteiger partial charge on any atom is 0.229 e. The maximum atomic E-state index is 12.2. The summed E-state index contributed by atoms with van der Waals surface area (Å²) in [4.78, 5) is 16.4. The van der Waals surface area contributed by atoms with Crippen molar-refractivity contribution in [1.82, 2.24) is 4.98 Å². The van der Waals surface area contributed by atoms with Gasteiger partial charge in [0, 0.05) is 17.1 Å². The van der Waals surface area contributed by atoms with Crippen molar-refractivity contribution in [3.8, 4) is 0 Å². The summed E-state index contributed by atoms with van der Waals surface area (Å²) in [5, 5.41) is 3.64. The number of nitrogens with zero attached hydrogens (tertiary/aromatic N) is 1. The van der Waals surface area contributed by atoms with Gasteiger partial charge in [-0.2, -0.15) is 0 Å². The number of aryl methyl sites for hydroxylation is 1. The van der Waals surface area contributed by atoms with Gasteiger partial charge in [-0.1, -0.05) is 35.9 Å². The maximum absolute atomic E-state index is 12.2. The normalized spacial score (nSPS) is 20.5. The third-order valence-electron chi connectivity index (χ3n) is 3.68. The Morgan fingerprint density at radius 2 is 2.10 bits per heavy atom. The third-order valence-corrected chi connectivity index (χ3v) is 4.03. The van der Waals surface area contributed by atoms with Crippen LogP contribution in [0.2, 0.25) is 5.02 Å². The first-order valence-electron chi connectivity index (χ1n) is 6.63. The van der Waals surface area contributed by atoms with Crippen LogP contribution in [0.25, 0.3) is 0 Å². The van der Waals surface area contributed by atoms with E-state index in [1.54, 1.807) is 6.20 Å². The molecule has 0 aliphatic heterocycles. The van der Waals surface area contributed by atoms with Crippen LogP contribution in [0.15, 0.2) is 42.6 Å². The Balaban J connectivity index is 1.69. The zero-order valence-electron chi connectivity index (χ0n) is 11.1. The second kappa shape index (κ2) is 5.25. The van der Waals surface area contributed by atoms with Gasteiger partial charge in [-0.3, -0.25) is 4.79 Å².